The molecule has 1 atom stereocenters. The van der Waals surface area contributed by atoms with Gasteiger partial charge in [0.2, 0.25) is 5.91 Å². The highest BCUT2D eigenvalue weighted by molar-refractivity contribution is 8.05. The first-order chi connectivity index (χ1) is 13.5. The van der Waals surface area contributed by atoms with Gasteiger partial charge in [0.25, 0.3) is 5.91 Å². The first-order valence-electron chi connectivity index (χ1n) is 8.32. The molecule has 0 aliphatic carbocycles. The largest absolute Gasteiger partial charge is 0.354 e. The Morgan fingerprint density at radius 1 is 1.25 bits per heavy atom. The fourth-order valence-corrected chi connectivity index (χ4v) is 4.51. The monoisotopic (exact) mass is 431 g/mol. The van der Waals surface area contributed by atoms with Crippen molar-refractivity contribution in [3.63, 3.8) is 0 Å². The van der Waals surface area contributed by atoms with Crippen molar-refractivity contribution in [2.24, 2.45) is 0 Å². The van der Waals surface area contributed by atoms with E-state index in [1.54, 1.807) is 42.5 Å². The number of carbonyl (C=O) groups is 2. The maximum atomic E-state index is 13.2. The number of nitrogens with one attached hydrogen (secondary N) is 1. The van der Waals surface area contributed by atoms with Crippen LogP contribution in [0.4, 0.5) is 5.69 Å². The SMILES string of the molecule is CNC(=O)/C(C#N)=C1/SC(Cc2cc(Cl)ccc2Cl)C(=O)N1c1ccccc1. The molecule has 0 radical (unpaired) electrons. The Balaban J connectivity index is 2.05. The van der Waals surface area contributed by atoms with E-state index in [1.165, 1.54) is 23.7 Å². The number of hydrogen-bond acceptors (Lipinski definition) is 4. The van der Waals surface area contributed by atoms with Gasteiger partial charge in [0.1, 0.15) is 16.7 Å². The van der Waals surface area contributed by atoms with E-state index in [1.807, 2.05) is 12.1 Å². The van der Waals surface area contributed by atoms with Crippen molar-refractivity contribution in [2.45, 2.75) is 11.7 Å². The van der Waals surface area contributed by atoms with E-state index in [-0.39, 0.29) is 11.5 Å². The van der Waals surface area contributed by atoms with E-state index >= 15 is 0 Å². The Bertz CT molecular complexity index is 1000. The van der Waals surface area contributed by atoms with Gasteiger partial charge in [0, 0.05) is 22.8 Å². The standard InChI is InChI=1S/C20H15Cl2N3O2S/c1-24-18(26)15(11-23)20-25(14-5-3-2-4-6-14)19(27)17(28-20)10-12-9-13(21)7-8-16(12)22/h2-9,17H,10H2,1H3,(H,24,26)/b20-15+. The van der Waals surface area contributed by atoms with E-state index < -0.39 is 11.2 Å². The van der Waals surface area contributed by atoms with Crippen molar-refractivity contribution in [2.75, 3.05) is 11.9 Å². The maximum Gasteiger partial charge on any atom is 0.264 e. The lowest BCUT2D eigenvalue weighted by Crippen LogP contribution is -2.31. The molecule has 0 spiro atoms. The van der Waals surface area contributed by atoms with Crippen LogP contribution in [-0.2, 0) is 16.0 Å². The molecular formula is C20H15Cl2N3O2S. The average molecular weight is 432 g/mol. The predicted octanol–water partition coefficient (Wildman–Crippen LogP) is 4.17. The Morgan fingerprint density at radius 3 is 2.61 bits per heavy atom. The molecule has 142 valence electrons. The molecule has 1 unspecified atom stereocenters. The van der Waals surface area contributed by atoms with E-state index in [9.17, 15) is 14.9 Å². The van der Waals surface area contributed by atoms with Crippen LogP contribution in [0.3, 0.4) is 0 Å². The van der Waals surface area contributed by atoms with Crippen molar-refractivity contribution in [1.29, 1.82) is 5.26 Å². The van der Waals surface area contributed by atoms with Gasteiger partial charge in [-0.25, -0.2) is 0 Å². The van der Waals surface area contributed by atoms with Crippen LogP contribution in [0.2, 0.25) is 10.0 Å². The van der Waals surface area contributed by atoms with Gasteiger partial charge in [-0.05, 0) is 42.3 Å². The predicted molar refractivity (Wildman–Crippen MR) is 112 cm³/mol. The second kappa shape index (κ2) is 8.70. The minimum absolute atomic E-state index is 0.107. The smallest absolute Gasteiger partial charge is 0.264 e. The summed E-state index contributed by atoms with van der Waals surface area (Å²) in [6, 6.07) is 15.9. The first kappa shape index (κ1) is 20.3. The summed E-state index contributed by atoms with van der Waals surface area (Å²) in [4.78, 5) is 26.8. The zero-order chi connectivity index (χ0) is 20.3. The molecule has 3 rings (SSSR count). The normalized spacial score (nSPS) is 18.0. The summed E-state index contributed by atoms with van der Waals surface area (Å²) in [6.45, 7) is 0. The minimum atomic E-state index is -0.542. The van der Waals surface area contributed by atoms with Crippen molar-refractivity contribution in [1.82, 2.24) is 5.32 Å². The first-order valence-corrected chi connectivity index (χ1v) is 9.96. The van der Waals surface area contributed by atoms with Crippen LogP contribution in [0.5, 0.6) is 0 Å². The number of thioether (sulfide) groups is 1. The zero-order valence-electron chi connectivity index (χ0n) is 14.8. The highest BCUT2D eigenvalue weighted by Crippen LogP contribution is 2.42. The third-order valence-corrected chi connectivity index (χ3v) is 6.03. The summed E-state index contributed by atoms with van der Waals surface area (Å²) in [5, 5.41) is 12.8. The summed E-state index contributed by atoms with van der Waals surface area (Å²) < 4.78 is 0. The molecule has 1 aliphatic rings. The summed E-state index contributed by atoms with van der Waals surface area (Å²) in [5.41, 5.74) is 1.21. The molecule has 2 aromatic rings. The van der Waals surface area contributed by atoms with Crippen LogP contribution in [0.25, 0.3) is 0 Å². The molecular weight excluding hydrogens is 417 g/mol. The van der Waals surface area contributed by atoms with Gasteiger partial charge < -0.3 is 5.32 Å². The lowest BCUT2D eigenvalue weighted by Gasteiger charge is -2.18. The third-order valence-electron chi connectivity index (χ3n) is 4.16. The fourth-order valence-electron chi connectivity index (χ4n) is 2.82. The van der Waals surface area contributed by atoms with Crippen molar-refractivity contribution < 1.29 is 9.59 Å². The number of rotatable bonds is 4. The van der Waals surface area contributed by atoms with Crippen LogP contribution in [0, 0.1) is 11.3 Å². The van der Waals surface area contributed by atoms with Crippen LogP contribution in [0.1, 0.15) is 5.56 Å². The quantitative estimate of drug-likeness (QED) is 0.582. The van der Waals surface area contributed by atoms with Gasteiger partial charge in [-0.1, -0.05) is 53.2 Å². The fraction of sp³-hybridized carbons (Fsp3) is 0.150. The van der Waals surface area contributed by atoms with Crippen molar-refractivity contribution >= 4 is 52.5 Å². The maximum absolute atomic E-state index is 13.2. The van der Waals surface area contributed by atoms with Gasteiger partial charge in [-0.2, -0.15) is 5.26 Å². The molecule has 5 nitrogen and oxygen atoms in total. The van der Waals surface area contributed by atoms with Gasteiger partial charge in [0.05, 0.1) is 5.25 Å². The van der Waals surface area contributed by atoms with Crippen LogP contribution >= 0.6 is 35.0 Å². The van der Waals surface area contributed by atoms with Crippen molar-refractivity contribution in [3.05, 3.63) is 74.7 Å². The van der Waals surface area contributed by atoms with E-state index in [0.717, 1.165) is 5.56 Å². The van der Waals surface area contributed by atoms with E-state index in [4.69, 9.17) is 23.2 Å². The lowest BCUT2D eigenvalue weighted by atomic mass is 10.1. The van der Waals surface area contributed by atoms with E-state index in [0.29, 0.717) is 27.2 Å². The molecule has 0 bridgehead atoms. The number of nitrogens with zero attached hydrogens (tertiary/aromatic N) is 2. The number of halogens is 2. The number of likely N-dealkylation sites (N-methyl/N-ethyl adjacent to an activating group) is 1. The molecule has 1 fully saturated rings. The minimum Gasteiger partial charge on any atom is -0.354 e. The molecule has 0 aromatic heterocycles. The average Bonchev–Trinajstić information content (AvgIpc) is 3.01. The van der Waals surface area contributed by atoms with Gasteiger partial charge in [-0.3, -0.25) is 14.5 Å². The summed E-state index contributed by atoms with van der Waals surface area (Å²) >= 11 is 13.5. The van der Waals surface area contributed by atoms with Crippen LogP contribution in [0.15, 0.2) is 59.1 Å². The van der Waals surface area contributed by atoms with Gasteiger partial charge >= 0.3 is 0 Å². The molecule has 28 heavy (non-hydrogen) atoms. The van der Waals surface area contributed by atoms with Crippen LogP contribution < -0.4 is 10.2 Å². The number of carbonyl (C=O) groups excluding carboxylic acids is 2. The van der Waals surface area contributed by atoms with Gasteiger partial charge in [-0.15, -0.1) is 0 Å². The highest BCUT2D eigenvalue weighted by atomic mass is 35.5. The molecule has 1 saturated heterocycles. The Kier molecular flexibility index (Phi) is 6.30. The molecule has 0 saturated carbocycles. The van der Waals surface area contributed by atoms with Crippen LogP contribution in [-0.4, -0.2) is 24.1 Å². The number of amides is 2. The summed E-state index contributed by atoms with van der Waals surface area (Å²) in [5.74, 6) is -0.765. The number of hydrogen-bond donors (Lipinski definition) is 1. The summed E-state index contributed by atoms with van der Waals surface area (Å²) in [7, 11) is 1.44. The Labute approximate surface area is 176 Å². The highest BCUT2D eigenvalue weighted by Gasteiger charge is 2.40. The van der Waals surface area contributed by atoms with Gasteiger partial charge in [0.15, 0.2) is 0 Å². The number of nitriles is 1. The third kappa shape index (κ3) is 4.02. The second-order valence-corrected chi connectivity index (χ2v) is 7.96. The molecule has 2 amide bonds. The van der Waals surface area contributed by atoms with E-state index in [2.05, 4.69) is 5.32 Å². The molecule has 1 N–H and O–H groups in total. The van der Waals surface area contributed by atoms with Crippen molar-refractivity contribution in [3.8, 4) is 6.07 Å². The number of anilines is 1. The zero-order valence-corrected chi connectivity index (χ0v) is 17.1. The Hall–Kier alpha value is -2.46. The molecule has 2 aromatic carbocycles. The lowest BCUT2D eigenvalue weighted by molar-refractivity contribution is -0.117. The second-order valence-electron chi connectivity index (χ2n) is 5.93. The number of benzene rings is 2. The molecule has 1 heterocycles. The Morgan fingerprint density at radius 2 is 1.96 bits per heavy atom. The molecule has 1 aliphatic heterocycles. The topological polar surface area (TPSA) is 73.2 Å². The summed E-state index contributed by atoms with van der Waals surface area (Å²) in [6.07, 6.45) is 0.322. The molecule has 8 heteroatoms. The number of para-hydroxylation sites is 1.